The summed E-state index contributed by atoms with van der Waals surface area (Å²) in [5, 5.41) is 0. The van der Waals surface area contributed by atoms with Gasteiger partial charge in [0, 0.05) is 5.57 Å². The molecule has 0 saturated heterocycles. The minimum atomic E-state index is -10.4. The van der Waals surface area contributed by atoms with Crippen molar-refractivity contribution in [3.05, 3.63) is 12.2 Å². The third-order valence-electron chi connectivity index (χ3n) is 6.57. The average molecular weight is 816 g/mol. The highest BCUT2D eigenvalue weighted by Gasteiger charge is 3.08. The van der Waals surface area contributed by atoms with E-state index in [9.17, 15) is 132 Å². The molecule has 0 aromatic carbocycles. The van der Waals surface area contributed by atoms with Crippen LogP contribution in [0.4, 0.5) is 127 Å². The Morgan fingerprint density at radius 1 is 0.420 bits per heavy atom. The molecule has 1 saturated carbocycles. The molecule has 0 N–H and O–H groups in total. The molecule has 31 heteroatoms. The van der Waals surface area contributed by atoms with E-state index in [4.69, 9.17) is 0 Å². The van der Waals surface area contributed by atoms with Crippen LogP contribution < -0.4 is 0 Å². The first kappa shape index (κ1) is 45.2. The van der Waals surface area contributed by atoms with Crippen LogP contribution in [-0.2, 0) is 9.53 Å². The summed E-state index contributed by atoms with van der Waals surface area (Å²) in [6, 6.07) is 0. The zero-order chi connectivity index (χ0) is 41.4. The van der Waals surface area contributed by atoms with Crippen LogP contribution in [0.15, 0.2) is 12.2 Å². The van der Waals surface area contributed by atoms with Gasteiger partial charge in [-0.15, -0.1) is 0 Å². The molecule has 1 rings (SSSR count). The fourth-order valence-electron chi connectivity index (χ4n) is 3.47. The Morgan fingerprint density at radius 2 is 0.640 bits per heavy atom. The number of carbonyl (C=O) groups excluding carboxylic acids is 1. The minimum Gasteiger partial charge on any atom is -0.393 e. The van der Waals surface area contributed by atoms with Gasteiger partial charge in [-0.1, -0.05) is 6.58 Å². The van der Waals surface area contributed by atoms with Gasteiger partial charge in [-0.3, -0.25) is 0 Å². The number of rotatable bonds is 10. The molecule has 1 aliphatic rings. The van der Waals surface area contributed by atoms with E-state index in [1.807, 2.05) is 0 Å². The van der Waals surface area contributed by atoms with Gasteiger partial charge in [-0.05, 0) is 6.92 Å². The molecule has 0 unspecified atom stereocenters. The largest absolute Gasteiger partial charge is 0.473 e. The summed E-state index contributed by atoms with van der Waals surface area (Å²) in [7, 11) is 0. The highest BCUT2D eigenvalue weighted by molar-refractivity contribution is 5.87. The SMILES string of the molecule is C=C(C)C(=O)OC(F)(F)C(F)(F)C(F)(F)C(F)(F)C(F)(F)C(F)(F)C(F)(F)C(F)(F)C1(F)C(F)(F)C(F)(F)C(F)(F)C(F)(F)C(F)(F)C1(F)F. The molecule has 0 heterocycles. The molecule has 0 spiro atoms. The third kappa shape index (κ3) is 4.42. The topological polar surface area (TPSA) is 26.3 Å². The van der Waals surface area contributed by atoms with E-state index in [1.165, 1.54) is 0 Å². The van der Waals surface area contributed by atoms with Crippen molar-refractivity contribution in [3.8, 4) is 0 Å². The maximum atomic E-state index is 14.8. The van der Waals surface area contributed by atoms with Crippen LogP contribution in [0.3, 0.4) is 0 Å². The molecular weight excluding hydrogens is 811 g/mol. The van der Waals surface area contributed by atoms with E-state index < -0.39 is 100 Å². The molecule has 0 radical (unpaired) electrons. The smallest absolute Gasteiger partial charge is 0.393 e. The predicted octanol–water partition coefficient (Wildman–Crippen LogP) is 9.68. The monoisotopic (exact) mass is 816 g/mol. The van der Waals surface area contributed by atoms with E-state index in [1.54, 1.807) is 0 Å². The number of alkyl halides is 29. The zero-order valence-corrected chi connectivity index (χ0v) is 22.0. The van der Waals surface area contributed by atoms with Gasteiger partial charge in [-0.25, -0.2) is 9.18 Å². The van der Waals surface area contributed by atoms with E-state index in [-0.39, 0.29) is 6.92 Å². The first-order valence-electron chi connectivity index (χ1n) is 10.9. The molecule has 1 aliphatic carbocycles. The van der Waals surface area contributed by atoms with Crippen molar-refractivity contribution in [1.29, 1.82) is 0 Å². The second-order valence-electron chi connectivity index (χ2n) is 9.81. The predicted molar refractivity (Wildman–Crippen MR) is 94.0 cm³/mol. The maximum Gasteiger partial charge on any atom is 0.473 e. The maximum absolute atomic E-state index is 14.8. The first-order valence-corrected chi connectivity index (χ1v) is 10.9. The molecule has 0 bridgehead atoms. The summed E-state index contributed by atoms with van der Waals surface area (Å²) in [4.78, 5) is 10.9. The zero-order valence-electron chi connectivity index (χ0n) is 22.0. The quantitative estimate of drug-likeness (QED) is 0.0951. The van der Waals surface area contributed by atoms with Crippen molar-refractivity contribution in [2.45, 2.75) is 95.7 Å². The Balaban J connectivity index is 4.30. The van der Waals surface area contributed by atoms with E-state index in [0.29, 0.717) is 0 Å². The fraction of sp³-hybridized carbons (Fsp3) is 0.842. The number of halogens is 29. The highest BCUT2D eigenvalue weighted by atomic mass is 19.4. The number of ether oxygens (including phenoxy) is 1. The average Bonchev–Trinajstić information content (AvgIpc) is 2.90. The second-order valence-corrected chi connectivity index (χ2v) is 9.81. The van der Waals surface area contributed by atoms with Crippen LogP contribution in [0.25, 0.3) is 0 Å². The number of hydrogen-bond acceptors (Lipinski definition) is 2. The second kappa shape index (κ2) is 10.6. The van der Waals surface area contributed by atoms with Crippen molar-refractivity contribution >= 4 is 5.97 Å². The first-order chi connectivity index (χ1) is 21.1. The molecule has 50 heavy (non-hydrogen) atoms. The van der Waals surface area contributed by atoms with Gasteiger partial charge in [0.1, 0.15) is 0 Å². The lowest BCUT2D eigenvalue weighted by Gasteiger charge is -2.49. The Labute approximate surface area is 252 Å². The normalized spacial score (nSPS) is 23.9. The highest BCUT2D eigenvalue weighted by Crippen LogP contribution is 2.75. The van der Waals surface area contributed by atoms with Crippen molar-refractivity contribution in [3.63, 3.8) is 0 Å². The van der Waals surface area contributed by atoms with E-state index in [0.717, 1.165) is 0 Å². The Morgan fingerprint density at radius 3 is 0.900 bits per heavy atom. The molecule has 0 aliphatic heterocycles. The molecule has 0 aromatic heterocycles. The summed E-state index contributed by atoms with van der Waals surface area (Å²) in [5.74, 6) is -129. The lowest BCUT2D eigenvalue weighted by molar-refractivity contribution is -0.486. The van der Waals surface area contributed by atoms with Crippen LogP contribution >= 0.6 is 0 Å². The summed E-state index contributed by atoms with van der Waals surface area (Å²) in [6.45, 7) is 2.41. The van der Waals surface area contributed by atoms with Crippen LogP contribution in [0, 0.1) is 0 Å². The van der Waals surface area contributed by atoms with Gasteiger partial charge < -0.3 is 4.74 Å². The molecule has 0 amide bonds. The Bertz CT molecular complexity index is 1330. The van der Waals surface area contributed by atoms with Crippen LogP contribution in [0.2, 0.25) is 0 Å². The van der Waals surface area contributed by atoms with E-state index in [2.05, 4.69) is 11.3 Å². The van der Waals surface area contributed by atoms with Gasteiger partial charge in [0.25, 0.3) is 0 Å². The minimum absolute atomic E-state index is 0.132. The van der Waals surface area contributed by atoms with Gasteiger partial charge >= 0.3 is 94.7 Å². The van der Waals surface area contributed by atoms with Gasteiger partial charge in [0.15, 0.2) is 0 Å². The molecule has 0 aromatic rings. The van der Waals surface area contributed by atoms with Crippen molar-refractivity contribution in [2.24, 2.45) is 0 Å². The third-order valence-corrected chi connectivity index (χ3v) is 6.57. The molecule has 296 valence electrons. The van der Waals surface area contributed by atoms with Crippen LogP contribution in [0.1, 0.15) is 6.92 Å². The van der Waals surface area contributed by atoms with E-state index >= 15 is 0 Å². The molecule has 1 fully saturated rings. The summed E-state index contributed by atoms with van der Waals surface area (Å²) >= 11 is 0. The van der Waals surface area contributed by atoms with Crippen LogP contribution in [0.5, 0.6) is 0 Å². The standard InChI is InChI=1S/C19H5F29O2/c1-3(2)4(49)50-19(47,48)18(45,46)17(43,44)16(41,42)15(39,40)14(37,38)11(31,32)8(25,26)5(20)6(21,22)9(27,28)12(33,34)13(35,36)10(29,30)7(5,23)24/h1H2,2H3. The molecule has 2 nitrogen and oxygen atoms in total. The Kier molecular flexibility index (Phi) is 9.61. The van der Waals surface area contributed by atoms with Gasteiger partial charge in [0.05, 0.1) is 0 Å². The number of esters is 1. The molecular formula is C19H5F29O2. The van der Waals surface area contributed by atoms with Crippen molar-refractivity contribution < 1.29 is 137 Å². The van der Waals surface area contributed by atoms with Crippen molar-refractivity contribution in [2.75, 3.05) is 0 Å². The summed E-state index contributed by atoms with van der Waals surface area (Å²) in [6.07, 6.45) is -7.77. The Hall–Kier alpha value is -2.82. The van der Waals surface area contributed by atoms with Crippen LogP contribution in [-0.4, -0.2) is 94.7 Å². The molecule has 0 atom stereocenters. The van der Waals surface area contributed by atoms with Gasteiger partial charge in [-0.2, -0.15) is 123 Å². The summed E-state index contributed by atoms with van der Waals surface area (Å²) < 4.78 is 405. The summed E-state index contributed by atoms with van der Waals surface area (Å²) in [5.41, 5.74) is -12.0. The fourth-order valence-corrected chi connectivity index (χ4v) is 3.47. The number of hydrogen-bond donors (Lipinski definition) is 0. The number of carbonyl (C=O) groups is 1. The lowest BCUT2D eigenvalue weighted by Crippen LogP contribution is -2.82. The van der Waals surface area contributed by atoms with Gasteiger partial charge in [0.2, 0.25) is 0 Å². The van der Waals surface area contributed by atoms with Crippen molar-refractivity contribution in [1.82, 2.24) is 0 Å². The lowest BCUT2D eigenvalue weighted by atomic mass is 9.75.